The fourth-order valence-corrected chi connectivity index (χ4v) is 2.25. The SMILES string of the molecule is Cc1occc1CNCCCN1CCCC1. The summed E-state index contributed by atoms with van der Waals surface area (Å²) >= 11 is 0. The number of hydrogen-bond donors (Lipinski definition) is 1. The summed E-state index contributed by atoms with van der Waals surface area (Å²) in [5.74, 6) is 1.03. The van der Waals surface area contributed by atoms with Crippen LogP contribution in [0.25, 0.3) is 0 Å². The molecule has 1 N–H and O–H groups in total. The van der Waals surface area contributed by atoms with Crippen molar-refractivity contribution in [3.8, 4) is 0 Å². The van der Waals surface area contributed by atoms with E-state index < -0.39 is 0 Å². The third-order valence-corrected chi connectivity index (χ3v) is 3.31. The second-order valence-electron chi connectivity index (χ2n) is 4.58. The minimum Gasteiger partial charge on any atom is -0.469 e. The number of nitrogens with one attached hydrogen (secondary N) is 1. The number of likely N-dealkylation sites (tertiary alicyclic amines) is 1. The summed E-state index contributed by atoms with van der Waals surface area (Å²) in [6.45, 7) is 7.91. The molecule has 3 nitrogen and oxygen atoms in total. The first-order valence-corrected chi connectivity index (χ1v) is 6.32. The van der Waals surface area contributed by atoms with E-state index in [4.69, 9.17) is 4.42 Å². The van der Waals surface area contributed by atoms with Gasteiger partial charge in [-0.15, -0.1) is 0 Å². The standard InChI is InChI=1S/C13H22N2O/c1-12-13(5-10-16-12)11-14-6-4-9-15-7-2-3-8-15/h5,10,14H,2-4,6-9,11H2,1H3. The maximum atomic E-state index is 5.25. The van der Waals surface area contributed by atoms with Crippen molar-refractivity contribution in [2.45, 2.75) is 32.7 Å². The highest BCUT2D eigenvalue weighted by molar-refractivity contribution is 5.14. The summed E-state index contributed by atoms with van der Waals surface area (Å²) in [6.07, 6.45) is 5.79. The van der Waals surface area contributed by atoms with Crippen LogP contribution < -0.4 is 5.32 Å². The summed E-state index contributed by atoms with van der Waals surface area (Å²) in [5.41, 5.74) is 1.28. The average Bonchev–Trinajstić information content (AvgIpc) is 2.90. The quantitative estimate of drug-likeness (QED) is 0.748. The van der Waals surface area contributed by atoms with Gasteiger partial charge in [-0.25, -0.2) is 0 Å². The lowest BCUT2D eigenvalue weighted by molar-refractivity contribution is 0.331. The number of furan rings is 1. The van der Waals surface area contributed by atoms with Gasteiger partial charge >= 0.3 is 0 Å². The average molecular weight is 222 g/mol. The van der Waals surface area contributed by atoms with Crippen LogP contribution >= 0.6 is 0 Å². The highest BCUT2D eigenvalue weighted by Gasteiger charge is 2.09. The summed E-state index contributed by atoms with van der Waals surface area (Å²) in [4.78, 5) is 2.56. The Balaban J connectivity index is 1.53. The molecule has 0 unspecified atom stereocenters. The van der Waals surface area contributed by atoms with E-state index in [2.05, 4.69) is 10.2 Å². The Morgan fingerprint density at radius 2 is 2.19 bits per heavy atom. The van der Waals surface area contributed by atoms with Gasteiger partial charge in [0.25, 0.3) is 0 Å². The van der Waals surface area contributed by atoms with Crippen LogP contribution in [0.5, 0.6) is 0 Å². The first kappa shape index (κ1) is 11.7. The van der Waals surface area contributed by atoms with Gasteiger partial charge in [0, 0.05) is 12.1 Å². The van der Waals surface area contributed by atoms with Gasteiger partial charge < -0.3 is 14.6 Å². The largest absolute Gasteiger partial charge is 0.469 e. The number of rotatable bonds is 6. The van der Waals surface area contributed by atoms with E-state index in [1.165, 1.54) is 44.5 Å². The molecule has 0 atom stereocenters. The third-order valence-electron chi connectivity index (χ3n) is 3.31. The Kier molecular flexibility index (Phi) is 4.43. The highest BCUT2D eigenvalue weighted by atomic mass is 16.3. The highest BCUT2D eigenvalue weighted by Crippen LogP contribution is 2.08. The van der Waals surface area contributed by atoms with E-state index in [1.54, 1.807) is 6.26 Å². The smallest absolute Gasteiger partial charge is 0.105 e. The number of aryl methyl sites for hydroxylation is 1. The predicted octanol–water partition coefficient (Wildman–Crippen LogP) is 2.16. The molecular formula is C13H22N2O. The molecule has 1 aromatic heterocycles. The molecule has 0 amide bonds. The monoisotopic (exact) mass is 222 g/mol. The molecule has 0 spiro atoms. The van der Waals surface area contributed by atoms with Crippen molar-refractivity contribution >= 4 is 0 Å². The molecule has 16 heavy (non-hydrogen) atoms. The molecule has 0 radical (unpaired) electrons. The van der Waals surface area contributed by atoms with E-state index in [9.17, 15) is 0 Å². The molecular weight excluding hydrogens is 200 g/mol. The van der Waals surface area contributed by atoms with Crippen LogP contribution in [0.15, 0.2) is 16.7 Å². The third kappa shape index (κ3) is 3.35. The van der Waals surface area contributed by atoms with E-state index >= 15 is 0 Å². The van der Waals surface area contributed by atoms with Crippen molar-refractivity contribution in [3.05, 3.63) is 23.7 Å². The van der Waals surface area contributed by atoms with E-state index in [1.807, 2.05) is 13.0 Å². The molecule has 0 bridgehead atoms. The normalized spacial score (nSPS) is 17.1. The van der Waals surface area contributed by atoms with Gasteiger partial charge in [0.1, 0.15) is 5.76 Å². The Morgan fingerprint density at radius 3 is 2.88 bits per heavy atom. The van der Waals surface area contributed by atoms with Crippen molar-refractivity contribution in [2.75, 3.05) is 26.2 Å². The Hall–Kier alpha value is -0.800. The lowest BCUT2D eigenvalue weighted by Gasteiger charge is -2.14. The minimum absolute atomic E-state index is 0.933. The van der Waals surface area contributed by atoms with Crippen LogP contribution in [0.3, 0.4) is 0 Å². The molecule has 1 aliphatic heterocycles. The van der Waals surface area contributed by atoms with Gasteiger partial charge in [0.05, 0.1) is 6.26 Å². The van der Waals surface area contributed by atoms with E-state index in [-0.39, 0.29) is 0 Å². The van der Waals surface area contributed by atoms with Crippen LogP contribution in [0, 0.1) is 6.92 Å². The van der Waals surface area contributed by atoms with Gasteiger partial charge in [0.15, 0.2) is 0 Å². The second kappa shape index (κ2) is 6.06. The lowest BCUT2D eigenvalue weighted by Crippen LogP contribution is -2.24. The molecule has 0 aliphatic carbocycles. The fraction of sp³-hybridized carbons (Fsp3) is 0.692. The summed E-state index contributed by atoms with van der Waals surface area (Å²) in [7, 11) is 0. The molecule has 3 heteroatoms. The van der Waals surface area contributed by atoms with Crippen molar-refractivity contribution < 1.29 is 4.42 Å². The first-order chi connectivity index (χ1) is 7.86. The van der Waals surface area contributed by atoms with Gasteiger partial charge in [-0.3, -0.25) is 0 Å². The van der Waals surface area contributed by atoms with Crippen molar-refractivity contribution in [3.63, 3.8) is 0 Å². The molecule has 1 aromatic rings. The summed E-state index contributed by atoms with van der Waals surface area (Å²) in [6, 6.07) is 2.04. The summed E-state index contributed by atoms with van der Waals surface area (Å²) < 4.78 is 5.25. The Morgan fingerprint density at radius 1 is 1.38 bits per heavy atom. The molecule has 0 aromatic carbocycles. The minimum atomic E-state index is 0.933. The van der Waals surface area contributed by atoms with Crippen molar-refractivity contribution in [1.82, 2.24) is 10.2 Å². The number of nitrogens with zero attached hydrogens (tertiary/aromatic N) is 1. The Labute approximate surface area is 97.8 Å². The van der Waals surface area contributed by atoms with Crippen LogP contribution in [0.2, 0.25) is 0 Å². The maximum absolute atomic E-state index is 5.25. The lowest BCUT2D eigenvalue weighted by atomic mass is 10.2. The fourth-order valence-electron chi connectivity index (χ4n) is 2.25. The van der Waals surface area contributed by atoms with Crippen LogP contribution in [0.4, 0.5) is 0 Å². The van der Waals surface area contributed by atoms with Gasteiger partial charge in [-0.2, -0.15) is 0 Å². The van der Waals surface area contributed by atoms with Crippen LogP contribution in [0.1, 0.15) is 30.6 Å². The van der Waals surface area contributed by atoms with E-state index in [0.717, 1.165) is 18.8 Å². The predicted molar refractivity (Wildman–Crippen MR) is 65.4 cm³/mol. The summed E-state index contributed by atoms with van der Waals surface area (Å²) in [5, 5.41) is 3.47. The van der Waals surface area contributed by atoms with Crippen molar-refractivity contribution in [1.29, 1.82) is 0 Å². The van der Waals surface area contributed by atoms with Crippen LogP contribution in [-0.4, -0.2) is 31.1 Å². The molecule has 90 valence electrons. The zero-order chi connectivity index (χ0) is 11.2. The molecule has 1 saturated heterocycles. The van der Waals surface area contributed by atoms with Gasteiger partial charge in [-0.05, 0) is 58.4 Å². The Bertz CT molecular complexity index is 303. The maximum Gasteiger partial charge on any atom is 0.105 e. The number of hydrogen-bond acceptors (Lipinski definition) is 3. The second-order valence-corrected chi connectivity index (χ2v) is 4.58. The topological polar surface area (TPSA) is 28.4 Å². The molecule has 0 saturated carbocycles. The van der Waals surface area contributed by atoms with Crippen molar-refractivity contribution in [2.24, 2.45) is 0 Å². The van der Waals surface area contributed by atoms with E-state index in [0.29, 0.717) is 0 Å². The van der Waals surface area contributed by atoms with Gasteiger partial charge in [-0.1, -0.05) is 0 Å². The molecule has 2 heterocycles. The molecule has 2 rings (SSSR count). The van der Waals surface area contributed by atoms with Gasteiger partial charge in [0.2, 0.25) is 0 Å². The zero-order valence-electron chi connectivity index (χ0n) is 10.2. The first-order valence-electron chi connectivity index (χ1n) is 6.32. The van der Waals surface area contributed by atoms with Crippen LogP contribution in [-0.2, 0) is 6.54 Å². The molecule has 1 fully saturated rings. The zero-order valence-corrected chi connectivity index (χ0v) is 10.2. The molecule has 1 aliphatic rings.